The Labute approximate surface area is 143 Å². The molecule has 4 rings (SSSR count). The zero-order valence-electron chi connectivity index (χ0n) is 11.9. The number of rotatable bonds is 3. The second-order valence-electron chi connectivity index (χ2n) is 5.42. The average molecular weight is 347 g/mol. The molecule has 0 unspecified atom stereocenters. The minimum atomic E-state index is 0.363. The van der Waals surface area contributed by atoms with Crippen LogP contribution >= 0.6 is 34.3 Å². The molecule has 0 N–H and O–H groups in total. The molecule has 1 aliphatic heterocycles. The highest BCUT2D eigenvalue weighted by atomic mass is 35.5. The minimum Gasteiger partial charge on any atom is -0.287 e. The van der Waals surface area contributed by atoms with Crippen LogP contribution in [-0.2, 0) is 13.0 Å². The van der Waals surface area contributed by atoms with Crippen molar-refractivity contribution in [1.82, 2.24) is 9.88 Å². The topological polar surface area (TPSA) is 16.1 Å². The monoisotopic (exact) mass is 346 g/mol. The number of fused-ring (bicyclic) bond motifs is 1. The van der Waals surface area contributed by atoms with Crippen LogP contribution in [0.2, 0.25) is 5.15 Å². The molecule has 1 aliphatic rings. The molecule has 0 aromatic carbocycles. The third kappa shape index (κ3) is 2.72. The van der Waals surface area contributed by atoms with Crippen LogP contribution in [0.3, 0.4) is 0 Å². The van der Waals surface area contributed by atoms with Gasteiger partial charge in [-0.25, -0.2) is 4.98 Å². The third-order valence-electron chi connectivity index (χ3n) is 4.06. The maximum Gasteiger partial charge on any atom is 0.129 e. The number of halogens is 1. The highest BCUT2D eigenvalue weighted by Gasteiger charge is 2.30. The predicted molar refractivity (Wildman–Crippen MR) is 93.8 cm³/mol. The minimum absolute atomic E-state index is 0.363. The highest BCUT2D eigenvalue weighted by Crippen LogP contribution is 2.40. The van der Waals surface area contributed by atoms with Crippen molar-refractivity contribution in [3.63, 3.8) is 0 Å². The fourth-order valence-electron chi connectivity index (χ4n) is 3.09. The number of hydrogen-bond acceptors (Lipinski definition) is 4. The molecule has 3 aromatic rings. The van der Waals surface area contributed by atoms with E-state index in [9.17, 15) is 0 Å². The molecule has 0 amide bonds. The fourth-order valence-corrected chi connectivity index (χ4v) is 5.07. The van der Waals surface area contributed by atoms with Crippen LogP contribution in [0.4, 0.5) is 0 Å². The lowest BCUT2D eigenvalue weighted by Crippen LogP contribution is -2.34. The molecule has 0 saturated carbocycles. The summed E-state index contributed by atoms with van der Waals surface area (Å²) < 4.78 is 0. The molecule has 5 heteroatoms. The first kappa shape index (κ1) is 14.4. The van der Waals surface area contributed by atoms with Crippen molar-refractivity contribution in [3.05, 3.63) is 73.3 Å². The lowest BCUT2D eigenvalue weighted by atomic mass is 9.98. The smallest absolute Gasteiger partial charge is 0.129 e. The van der Waals surface area contributed by atoms with Gasteiger partial charge in [0.05, 0.1) is 6.04 Å². The van der Waals surface area contributed by atoms with Crippen molar-refractivity contribution < 1.29 is 0 Å². The van der Waals surface area contributed by atoms with Gasteiger partial charge in [-0.15, -0.1) is 22.7 Å². The Hall–Kier alpha value is -1.20. The number of hydrogen-bond donors (Lipinski definition) is 0. The molecule has 0 saturated heterocycles. The summed E-state index contributed by atoms with van der Waals surface area (Å²) in [6.07, 6.45) is 2.92. The first-order valence-corrected chi connectivity index (χ1v) is 9.39. The van der Waals surface area contributed by atoms with Crippen molar-refractivity contribution in [2.75, 3.05) is 6.54 Å². The van der Waals surface area contributed by atoms with Gasteiger partial charge in [0.15, 0.2) is 0 Å². The van der Waals surface area contributed by atoms with Gasteiger partial charge in [-0.2, -0.15) is 0 Å². The quantitative estimate of drug-likeness (QED) is 0.620. The molecule has 0 radical (unpaired) electrons. The van der Waals surface area contributed by atoms with Crippen molar-refractivity contribution in [2.45, 2.75) is 19.0 Å². The number of thiophene rings is 2. The van der Waals surface area contributed by atoms with E-state index in [1.807, 2.05) is 28.7 Å². The Morgan fingerprint density at radius 3 is 3.00 bits per heavy atom. The van der Waals surface area contributed by atoms with Crippen molar-refractivity contribution in [3.8, 4) is 0 Å². The molecule has 0 spiro atoms. The molecule has 1 atom stereocenters. The zero-order valence-corrected chi connectivity index (χ0v) is 14.3. The summed E-state index contributed by atoms with van der Waals surface area (Å²) in [5.41, 5.74) is 2.69. The molecular weight excluding hydrogens is 332 g/mol. The second kappa shape index (κ2) is 6.13. The van der Waals surface area contributed by atoms with Crippen molar-refractivity contribution in [1.29, 1.82) is 0 Å². The van der Waals surface area contributed by atoms with E-state index in [0.29, 0.717) is 11.2 Å². The summed E-state index contributed by atoms with van der Waals surface area (Å²) >= 11 is 9.76. The van der Waals surface area contributed by atoms with Crippen LogP contribution in [0, 0.1) is 0 Å². The molecule has 112 valence electrons. The maximum atomic E-state index is 6.04. The van der Waals surface area contributed by atoms with Gasteiger partial charge in [0, 0.05) is 29.0 Å². The Balaban J connectivity index is 1.69. The van der Waals surface area contributed by atoms with Gasteiger partial charge in [-0.3, -0.25) is 4.90 Å². The summed E-state index contributed by atoms with van der Waals surface area (Å²) in [6.45, 7) is 1.98. The SMILES string of the molecule is Clc1cc(CN2CCc3sccc3[C@H]2c2cccs2)ccn1. The molecule has 4 heterocycles. The van der Waals surface area contributed by atoms with Crippen LogP contribution < -0.4 is 0 Å². The highest BCUT2D eigenvalue weighted by molar-refractivity contribution is 7.10. The summed E-state index contributed by atoms with van der Waals surface area (Å²) in [6, 6.07) is 11.1. The number of pyridine rings is 1. The van der Waals surface area contributed by atoms with Crippen molar-refractivity contribution in [2.24, 2.45) is 0 Å². The molecule has 0 bridgehead atoms. The van der Waals surface area contributed by atoms with Gasteiger partial charge in [-0.05, 0) is 52.6 Å². The van der Waals surface area contributed by atoms with E-state index in [2.05, 4.69) is 44.9 Å². The normalized spacial score (nSPS) is 18.3. The van der Waals surface area contributed by atoms with E-state index in [0.717, 1.165) is 19.5 Å². The number of aromatic nitrogens is 1. The van der Waals surface area contributed by atoms with Crippen molar-refractivity contribution >= 4 is 34.3 Å². The van der Waals surface area contributed by atoms with Crippen LogP contribution in [-0.4, -0.2) is 16.4 Å². The second-order valence-corrected chi connectivity index (χ2v) is 7.79. The van der Waals surface area contributed by atoms with Gasteiger partial charge in [0.2, 0.25) is 0 Å². The van der Waals surface area contributed by atoms with Gasteiger partial charge < -0.3 is 0 Å². The van der Waals surface area contributed by atoms with Gasteiger partial charge in [0.25, 0.3) is 0 Å². The van der Waals surface area contributed by atoms with E-state index < -0.39 is 0 Å². The average Bonchev–Trinajstić information content (AvgIpc) is 3.18. The molecule has 0 aliphatic carbocycles. The maximum absolute atomic E-state index is 6.04. The summed E-state index contributed by atoms with van der Waals surface area (Å²) in [5, 5.41) is 4.95. The van der Waals surface area contributed by atoms with Crippen LogP contribution in [0.15, 0.2) is 47.3 Å². The lowest BCUT2D eigenvalue weighted by Gasteiger charge is -2.35. The summed E-state index contributed by atoms with van der Waals surface area (Å²) in [4.78, 5) is 9.57. The largest absolute Gasteiger partial charge is 0.287 e. The van der Waals surface area contributed by atoms with Gasteiger partial charge in [-0.1, -0.05) is 17.7 Å². The Morgan fingerprint density at radius 2 is 2.18 bits per heavy atom. The zero-order chi connectivity index (χ0) is 14.9. The van der Waals surface area contributed by atoms with Gasteiger partial charge >= 0.3 is 0 Å². The lowest BCUT2D eigenvalue weighted by molar-refractivity contribution is 0.209. The summed E-state index contributed by atoms with van der Waals surface area (Å²) in [5.74, 6) is 0. The molecule has 0 fully saturated rings. The Bertz CT molecular complexity index is 767. The molecule has 22 heavy (non-hydrogen) atoms. The molecular formula is C17H15ClN2S2. The fraction of sp³-hybridized carbons (Fsp3) is 0.235. The first-order valence-electron chi connectivity index (χ1n) is 7.25. The standard InChI is InChI=1S/C17H15ClN2S2/c18-16-10-12(3-6-19-16)11-20-7-4-14-13(5-9-22-14)17(20)15-2-1-8-21-15/h1-3,5-6,8-10,17H,4,7,11H2/t17-/m0/s1. The van der Waals surface area contributed by atoms with E-state index in [-0.39, 0.29) is 0 Å². The first-order chi connectivity index (χ1) is 10.8. The van der Waals surface area contributed by atoms with Crippen LogP contribution in [0.1, 0.15) is 26.9 Å². The van der Waals surface area contributed by atoms with E-state index in [1.54, 1.807) is 6.20 Å². The summed E-state index contributed by atoms with van der Waals surface area (Å²) in [7, 11) is 0. The van der Waals surface area contributed by atoms with Gasteiger partial charge in [0.1, 0.15) is 5.15 Å². The van der Waals surface area contributed by atoms with E-state index in [1.165, 1.54) is 20.9 Å². The molecule has 2 nitrogen and oxygen atoms in total. The Morgan fingerprint density at radius 1 is 1.23 bits per heavy atom. The van der Waals surface area contributed by atoms with E-state index in [4.69, 9.17) is 11.6 Å². The van der Waals surface area contributed by atoms with E-state index >= 15 is 0 Å². The number of nitrogens with zero attached hydrogens (tertiary/aromatic N) is 2. The molecule has 3 aromatic heterocycles. The Kier molecular flexibility index (Phi) is 4.01. The predicted octanol–water partition coefficient (Wildman–Crippen LogP) is 5.01. The van der Waals surface area contributed by atoms with Crippen LogP contribution in [0.5, 0.6) is 0 Å². The van der Waals surface area contributed by atoms with Crippen LogP contribution in [0.25, 0.3) is 0 Å². The third-order valence-corrected chi connectivity index (χ3v) is 6.18.